The number of nitrogens with zero attached hydrogens (tertiary/aromatic N) is 1. The number of nitrogens with one attached hydrogen (secondary N) is 2. The summed E-state index contributed by atoms with van der Waals surface area (Å²) in [6.07, 6.45) is 2.03. The fourth-order valence-corrected chi connectivity index (χ4v) is 4.51. The minimum atomic E-state index is -0.923. The molecule has 2 N–H and O–H groups in total. The van der Waals surface area contributed by atoms with E-state index in [9.17, 15) is 14.4 Å². The lowest BCUT2D eigenvalue weighted by Crippen LogP contribution is -2.56. The number of unbranched alkanes of at least 4 members (excludes halogenated alkanes) is 1. The first kappa shape index (κ1) is 31.9. The van der Waals surface area contributed by atoms with Crippen LogP contribution in [0.3, 0.4) is 0 Å². The number of hydrogen-bond acceptors (Lipinski definition) is 4. The average Bonchev–Trinajstić information content (AvgIpc) is 2.86. The topological polar surface area (TPSA) is 87.7 Å². The summed E-state index contributed by atoms with van der Waals surface area (Å²) in [5, 5.41) is 5.87. The molecule has 0 fully saturated rings. The number of alkyl carbamates (subject to hydrolysis) is 1. The quantitative estimate of drug-likeness (QED) is 0.324. The van der Waals surface area contributed by atoms with Gasteiger partial charge in [-0.05, 0) is 71.1 Å². The highest BCUT2D eigenvalue weighted by Crippen LogP contribution is 2.29. The Labute approximate surface area is 234 Å². The van der Waals surface area contributed by atoms with Crippen LogP contribution in [0.4, 0.5) is 4.79 Å². The van der Waals surface area contributed by atoms with Crippen LogP contribution in [0.2, 0.25) is 0 Å². The molecule has 39 heavy (non-hydrogen) atoms. The van der Waals surface area contributed by atoms with Gasteiger partial charge in [0.15, 0.2) is 0 Å². The molecular weight excluding hydrogens is 490 g/mol. The molecule has 3 atom stereocenters. The molecular formula is C32H47N3O4. The second-order valence-corrected chi connectivity index (χ2v) is 11.3. The lowest BCUT2D eigenvalue weighted by atomic mass is 9.94. The molecule has 2 rings (SSSR count). The molecule has 0 radical (unpaired) electrons. The Kier molecular flexibility index (Phi) is 12.0. The molecule has 3 unspecified atom stereocenters. The van der Waals surface area contributed by atoms with Gasteiger partial charge in [-0.3, -0.25) is 9.59 Å². The van der Waals surface area contributed by atoms with Gasteiger partial charge in [0.05, 0.1) is 0 Å². The Morgan fingerprint density at radius 1 is 1.00 bits per heavy atom. The maximum atomic E-state index is 14.5. The molecule has 7 nitrogen and oxygen atoms in total. The number of aryl methyl sites for hydroxylation is 2. The van der Waals surface area contributed by atoms with Crippen LogP contribution < -0.4 is 10.6 Å². The van der Waals surface area contributed by atoms with Gasteiger partial charge in [0.2, 0.25) is 11.8 Å². The van der Waals surface area contributed by atoms with Crippen molar-refractivity contribution in [1.82, 2.24) is 15.5 Å². The SMILES string of the molecule is CCCCNC(=O)C(c1ccc(C)cc1C)N(C(=O)C(Cc1ccccc1)NC(=O)OC(C)(C)C)C(C)CC. The first-order valence-corrected chi connectivity index (χ1v) is 14.1. The Balaban J connectivity index is 2.59. The molecule has 214 valence electrons. The zero-order chi connectivity index (χ0) is 29.2. The first-order chi connectivity index (χ1) is 18.4. The fourth-order valence-electron chi connectivity index (χ4n) is 4.51. The first-order valence-electron chi connectivity index (χ1n) is 14.1. The third-order valence-corrected chi connectivity index (χ3v) is 6.67. The molecule has 2 aromatic carbocycles. The summed E-state index contributed by atoms with van der Waals surface area (Å²) in [6, 6.07) is 13.4. The van der Waals surface area contributed by atoms with E-state index in [1.165, 1.54) is 0 Å². The van der Waals surface area contributed by atoms with Gasteiger partial charge in [0.25, 0.3) is 0 Å². The average molecular weight is 538 g/mol. The van der Waals surface area contributed by atoms with Crippen molar-refractivity contribution in [3.05, 3.63) is 70.8 Å². The number of rotatable bonds is 12. The summed E-state index contributed by atoms with van der Waals surface area (Å²) in [5.41, 5.74) is 2.97. The molecule has 0 heterocycles. The smallest absolute Gasteiger partial charge is 0.408 e. The highest BCUT2D eigenvalue weighted by molar-refractivity contribution is 5.92. The van der Waals surface area contributed by atoms with Crippen molar-refractivity contribution in [3.63, 3.8) is 0 Å². The van der Waals surface area contributed by atoms with E-state index < -0.39 is 23.8 Å². The van der Waals surface area contributed by atoms with Crippen molar-refractivity contribution in [2.75, 3.05) is 6.54 Å². The standard InChI is InChI=1S/C32H47N3O4/c1-9-11-19-33-29(36)28(26-18-17-22(3)20-23(26)4)35(24(5)10-2)30(37)27(21-25-15-13-12-14-16-25)34-31(38)39-32(6,7)8/h12-18,20,24,27-28H,9-11,19,21H2,1-8H3,(H,33,36)(H,34,38). The monoisotopic (exact) mass is 537 g/mol. The van der Waals surface area contributed by atoms with Crippen molar-refractivity contribution in [2.45, 2.75) is 105 Å². The summed E-state index contributed by atoms with van der Waals surface area (Å²) in [5.74, 6) is -0.547. The molecule has 0 saturated heterocycles. The zero-order valence-corrected chi connectivity index (χ0v) is 25.0. The molecule has 0 aliphatic carbocycles. The maximum absolute atomic E-state index is 14.5. The predicted octanol–water partition coefficient (Wildman–Crippen LogP) is 6.02. The lowest BCUT2D eigenvalue weighted by Gasteiger charge is -2.39. The number of amides is 3. The zero-order valence-electron chi connectivity index (χ0n) is 25.0. The third-order valence-electron chi connectivity index (χ3n) is 6.67. The van der Waals surface area contributed by atoms with Crippen LogP contribution in [0.1, 0.15) is 89.1 Å². The van der Waals surface area contributed by atoms with Gasteiger partial charge in [-0.1, -0.05) is 74.4 Å². The number of ether oxygens (including phenoxy) is 1. The van der Waals surface area contributed by atoms with Gasteiger partial charge in [-0.15, -0.1) is 0 Å². The van der Waals surface area contributed by atoms with E-state index in [1.807, 2.05) is 76.2 Å². The van der Waals surface area contributed by atoms with E-state index in [1.54, 1.807) is 25.7 Å². The molecule has 0 aromatic heterocycles. The van der Waals surface area contributed by atoms with E-state index >= 15 is 0 Å². The van der Waals surface area contributed by atoms with Crippen LogP contribution in [-0.2, 0) is 20.7 Å². The van der Waals surface area contributed by atoms with Crippen molar-refractivity contribution < 1.29 is 19.1 Å². The highest BCUT2D eigenvalue weighted by atomic mass is 16.6. The minimum Gasteiger partial charge on any atom is -0.444 e. The van der Waals surface area contributed by atoms with Crippen LogP contribution in [0, 0.1) is 13.8 Å². The fraction of sp³-hybridized carbons (Fsp3) is 0.531. The normalized spacial score (nSPS) is 13.6. The van der Waals surface area contributed by atoms with Gasteiger partial charge in [-0.2, -0.15) is 0 Å². The van der Waals surface area contributed by atoms with E-state index in [-0.39, 0.29) is 24.3 Å². The summed E-state index contributed by atoms with van der Waals surface area (Å²) in [7, 11) is 0. The molecule has 0 aliphatic rings. The Morgan fingerprint density at radius 2 is 1.67 bits per heavy atom. The molecule has 7 heteroatoms. The van der Waals surface area contributed by atoms with Crippen molar-refractivity contribution in [3.8, 4) is 0 Å². The maximum Gasteiger partial charge on any atom is 0.408 e. The Hall–Kier alpha value is -3.35. The van der Waals surface area contributed by atoms with Crippen molar-refractivity contribution in [1.29, 1.82) is 0 Å². The summed E-state index contributed by atoms with van der Waals surface area (Å²) in [6.45, 7) is 15.9. The number of carbonyl (C=O) groups is 3. The molecule has 3 amide bonds. The number of carbonyl (C=O) groups excluding carboxylic acids is 3. The van der Waals surface area contributed by atoms with Gasteiger partial charge < -0.3 is 20.3 Å². The van der Waals surface area contributed by atoms with Gasteiger partial charge in [0.1, 0.15) is 17.7 Å². The summed E-state index contributed by atoms with van der Waals surface area (Å²) < 4.78 is 5.51. The minimum absolute atomic E-state index is 0.222. The van der Waals surface area contributed by atoms with Gasteiger partial charge >= 0.3 is 6.09 Å². The molecule has 0 bridgehead atoms. The molecule has 0 aliphatic heterocycles. The van der Waals surface area contributed by atoms with Crippen molar-refractivity contribution >= 4 is 17.9 Å². The van der Waals surface area contributed by atoms with E-state index in [0.717, 1.165) is 35.1 Å². The number of benzene rings is 2. The van der Waals surface area contributed by atoms with Crippen molar-refractivity contribution in [2.24, 2.45) is 0 Å². The molecule has 0 saturated carbocycles. The summed E-state index contributed by atoms with van der Waals surface area (Å²) >= 11 is 0. The van der Waals surface area contributed by atoms with Crippen LogP contribution >= 0.6 is 0 Å². The van der Waals surface area contributed by atoms with Crippen LogP contribution in [0.25, 0.3) is 0 Å². The second kappa shape index (κ2) is 14.7. The summed E-state index contributed by atoms with van der Waals surface area (Å²) in [4.78, 5) is 42.8. The highest BCUT2D eigenvalue weighted by Gasteiger charge is 2.39. The van der Waals surface area contributed by atoms with E-state index in [2.05, 4.69) is 17.6 Å². The largest absolute Gasteiger partial charge is 0.444 e. The van der Waals surface area contributed by atoms with Crippen LogP contribution in [-0.4, -0.2) is 47.0 Å². The van der Waals surface area contributed by atoms with Crippen LogP contribution in [0.15, 0.2) is 48.5 Å². The van der Waals surface area contributed by atoms with E-state index in [4.69, 9.17) is 4.74 Å². The lowest BCUT2D eigenvalue weighted by molar-refractivity contribution is -0.145. The Morgan fingerprint density at radius 3 is 2.23 bits per heavy atom. The van der Waals surface area contributed by atoms with Crippen LogP contribution in [0.5, 0.6) is 0 Å². The third kappa shape index (κ3) is 9.72. The molecule has 2 aromatic rings. The Bertz CT molecular complexity index is 1090. The van der Waals surface area contributed by atoms with Gasteiger partial charge in [-0.25, -0.2) is 4.79 Å². The second-order valence-electron chi connectivity index (χ2n) is 11.3. The van der Waals surface area contributed by atoms with Gasteiger partial charge in [0, 0.05) is 19.0 Å². The molecule has 0 spiro atoms. The predicted molar refractivity (Wildman–Crippen MR) is 156 cm³/mol. The van der Waals surface area contributed by atoms with E-state index in [0.29, 0.717) is 13.0 Å². The number of hydrogen-bond donors (Lipinski definition) is 2.